The number of hydrogen-bond acceptors (Lipinski definition) is 4. The van der Waals surface area contributed by atoms with Crippen molar-refractivity contribution in [2.45, 2.75) is 111 Å². The van der Waals surface area contributed by atoms with Crippen LogP contribution in [-0.4, -0.2) is 42.1 Å². The van der Waals surface area contributed by atoms with Crippen LogP contribution in [0.2, 0.25) is 0 Å². The number of anilines is 1. The number of allylic oxidation sites excluding steroid dienone is 7. The van der Waals surface area contributed by atoms with Crippen LogP contribution in [0.15, 0.2) is 108 Å². The van der Waals surface area contributed by atoms with Crippen molar-refractivity contribution in [2.24, 2.45) is 7.05 Å². The third-order valence-corrected chi connectivity index (χ3v) is 12.5. The molecule has 8 heteroatoms. The number of unbranched alkanes of at least 4 members (excludes halogenated alkanes) is 3. The first-order valence-corrected chi connectivity index (χ1v) is 21.7. The molecule has 0 atom stereocenters. The first kappa shape index (κ1) is 40.4. The number of fused-ring (bicyclic) bond motifs is 2. The zero-order valence-electron chi connectivity index (χ0n) is 34.3. The molecule has 0 spiro atoms. The van der Waals surface area contributed by atoms with Crippen molar-refractivity contribution >= 4 is 27.2 Å². The van der Waals surface area contributed by atoms with Gasteiger partial charge in [-0.2, -0.15) is 13.0 Å². The van der Waals surface area contributed by atoms with Crippen LogP contribution in [0.3, 0.4) is 0 Å². The van der Waals surface area contributed by atoms with Crippen LogP contribution in [0.1, 0.15) is 107 Å². The Kier molecular flexibility index (Phi) is 12.1. The molecule has 0 fully saturated rings. The van der Waals surface area contributed by atoms with Crippen molar-refractivity contribution in [3.63, 3.8) is 0 Å². The summed E-state index contributed by atoms with van der Waals surface area (Å²) in [6.45, 7) is 18.0. The van der Waals surface area contributed by atoms with E-state index >= 15 is 0 Å². The number of ether oxygens (including phenoxy) is 1. The van der Waals surface area contributed by atoms with Crippen molar-refractivity contribution in [1.29, 1.82) is 0 Å². The normalized spacial score (nSPS) is 19.0. The summed E-state index contributed by atoms with van der Waals surface area (Å²) >= 11 is 0. The maximum Gasteiger partial charge on any atom is 0.264 e. The van der Waals surface area contributed by atoms with Crippen molar-refractivity contribution < 1.29 is 26.9 Å². The third kappa shape index (κ3) is 8.92. The molecule has 3 heterocycles. The van der Waals surface area contributed by atoms with E-state index in [9.17, 15) is 13.0 Å². The minimum Gasteiger partial charge on any atom is -0.488 e. The Morgan fingerprint density at radius 1 is 0.855 bits per heavy atom. The third-order valence-electron chi connectivity index (χ3n) is 11.7. The van der Waals surface area contributed by atoms with Crippen molar-refractivity contribution in [2.75, 3.05) is 23.7 Å². The Labute approximate surface area is 330 Å². The number of rotatable bonds is 15. The van der Waals surface area contributed by atoms with Crippen LogP contribution in [0.5, 0.6) is 0 Å². The molecule has 55 heavy (non-hydrogen) atoms. The highest BCUT2D eigenvalue weighted by Crippen LogP contribution is 2.48. The molecule has 1 aromatic heterocycles. The first-order chi connectivity index (χ1) is 26.1. The lowest BCUT2D eigenvalue weighted by molar-refractivity contribution is -0.671. The molecule has 3 aromatic rings. The summed E-state index contributed by atoms with van der Waals surface area (Å²) in [6.07, 6.45) is 19.7. The lowest BCUT2D eigenvalue weighted by atomic mass is 9.80. The monoisotopic (exact) mass is 763 g/mol. The van der Waals surface area contributed by atoms with E-state index in [2.05, 4.69) is 143 Å². The van der Waals surface area contributed by atoms with Gasteiger partial charge in [0.15, 0.2) is 18.1 Å². The predicted octanol–water partition coefficient (Wildman–Crippen LogP) is 9.79. The number of pyridine rings is 1. The molecule has 0 unspecified atom stereocenters. The maximum atomic E-state index is 11.5. The van der Waals surface area contributed by atoms with Gasteiger partial charge in [-0.3, -0.25) is 4.55 Å². The summed E-state index contributed by atoms with van der Waals surface area (Å²) in [5.41, 5.74) is 13.3. The highest BCUT2D eigenvalue weighted by Gasteiger charge is 2.44. The number of aromatic nitrogens is 1. The zero-order chi connectivity index (χ0) is 39.5. The molecule has 0 amide bonds. The Morgan fingerprint density at radius 2 is 1.56 bits per heavy atom. The molecule has 2 aliphatic heterocycles. The van der Waals surface area contributed by atoms with E-state index in [1.807, 2.05) is 11.6 Å². The summed E-state index contributed by atoms with van der Waals surface area (Å²) in [4.78, 5) is 2.34. The maximum absolute atomic E-state index is 11.5. The molecule has 1 aliphatic carbocycles. The van der Waals surface area contributed by atoms with Gasteiger partial charge in [0.05, 0.1) is 11.2 Å². The fraction of sp³-hybridized carbons (Fsp3) is 0.447. The van der Waals surface area contributed by atoms with E-state index in [-0.39, 0.29) is 16.6 Å². The second-order valence-electron chi connectivity index (χ2n) is 16.8. The first-order valence-electron chi connectivity index (χ1n) is 20.1. The smallest absolute Gasteiger partial charge is 0.264 e. The second kappa shape index (κ2) is 16.4. The topological polar surface area (TPSA) is 73.7 Å². The zero-order valence-corrected chi connectivity index (χ0v) is 35.1. The van der Waals surface area contributed by atoms with Gasteiger partial charge in [0.2, 0.25) is 5.69 Å². The summed E-state index contributed by atoms with van der Waals surface area (Å²) in [5, 5.41) is 0. The predicted molar refractivity (Wildman–Crippen MR) is 225 cm³/mol. The van der Waals surface area contributed by atoms with Crippen LogP contribution in [0.25, 0.3) is 0 Å². The number of benzene rings is 2. The highest BCUT2D eigenvalue weighted by atomic mass is 32.2. The number of hydrogen-bond donors (Lipinski definition) is 1. The molecule has 6 rings (SSSR count). The Bertz CT molecular complexity index is 2190. The Hall–Kier alpha value is -4.27. The Morgan fingerprint density at radius 3 is 2.27 bits per heavy atom. The average Bonchev–Trinajstić information content (AvgIpc) is 3.68. The largest absolute Gasteiger partial charge is 0.488 e. The number of aryl methyl sites for hydroxylation is 3. The van der Waals surface area contributed by atoms with E-state index in [0.717, 1.165) is 42.8 Å². The van der Waals surface area contributed by atoms with E-state index in [1.54, 1.807) is 0 Å². The fourth-order valence-corrected chi connectivity index (χ4v) is 9.05. The van der Waals surface area contributed by atoms with Gasteiger partial charge in [-0.1, -0.05) is 62.6 Å². The van der Waals surface area contributed by atoms with Gasteiger partial charge in [-0.15, -0.1) is 0 Å². The van der Waals surface area contributed by atoms with Crippen molar-refractivity contribution in [3.8, 4) is 0 Å². The van der Waals surface area contributed by atoms with E-state index in [4.69, 9.17) is 4.74 Å². The Balaban J connectivity index is 1.38. The van der Waals surface area contributed by atoms with Crippen LogP contribution in [0.4, 0.5) is 11.4 Å². The van der Waals surface area contributed by atoms with Gasteiger partial charge < -0.3 is 9.64 Å². The molecule has 3 aliphatic rings. The van der Waals surface area contributed by atoms with Gasteiger partial charge in [0, 0.05) is 65.2 Å². The van der Waals surface area contributed by atoms with E-state index in [0.29, 0.717) is 26.0 Å². The highest BCUT2D eigenvalue weighted by molar-refractivity contribution is 7.85. The molecule has 2 aromatic carbocycles. The molecular weight excluding hydrogens is 703 g/mol. The standard InChI is InChI=1S/C47H60N3O4S/c1-9-10-11-26-49-41-20-14-34(2)31-39(41)46(4,5)43(49)22-18-37-16-17-38(45(37)54-33-36-24-28-48(8)29-25-36)19-23-44-47(6,7)40-32-35(3)15-21-42(40)50(44)27-12-13-30-55(51,52)53/h14-15,18-25,28-29,31-32H,9-13,16-17,26-27,30,33H2,1-8H3/q+1/p+1. The van der Waals surface area contributed by atoms with Crippen LogP contribution in [-0.2, 0) is 39.3 Å². The van der Waals surface area contributed by atoms with Crippen molar-refractivity contribution in [3.05, 3.63) is 136 Å². The summed E-state index contributed by atoms with van der Waals surface area (Å²) < 4.78 is 43.7. The quantitative estimate of drug-likeness (QED) is 0.0949. The lowest BCUT2D eigenvalue weighted by Gasteiger charge is -2.27. The molecule has 1 N–H and O–H groups in total. The number of nitrogens with zero attached hydrogens (tertiary/aromatic N) is 3. The molecule has 0 saturated heterocycles. The molecule has 0 saturated carbocycles. The van der Waals surface area contributed by atoms with Gasteiger partial charge in [0.25, 0.3) is 10.1 Å². The molecule has 7 nitrogen and oxygen atoms in total. The average molecular weight is 764 g/mol. The van der Waals surface area contributed by atoms with Gasteiger partial charge in [-0.25, -0.2) is 4.57 Å². The molecule has 0 radical (unpaired) electrons. The molecule has 0 bridgehead atoms. The van der Waals surface area contributed by atoms with Gasteiger partial charge in [0.1, 0.15) is 26.0 Å². The summed E-state index contributed by atoms with van der Waals surface area (Å²) in [5.74, 6) is 0.723. The van der Waals surface area contributed by atoms with Gasteiger partial charge in [-0.05, 0) is 101 Å². The van der Waals surface area contributed by atoms with Crippen molar-refractivity contribution in [1.82, 2.24) is 0 Å². The van der Waals surface area contributed by atoms with Gasteiger partial charge >= 0.3 is 0 Å². The fourth-order valence-electron chi connectivity index (χ4n) is 8.48. The van der Waals surface area contributed by atoms with E-state index in [1.165, 1.54) is 63.3 Å². The summed E-state index contributed by atoms with van der Waals surface area (Å²) in [7, 11) is -1.97. The lowest BCUT2D eigenvalue weighted by Crippen LogP contribution is -2.28. The van der Waals surface area contributed by atoms with Crippen LogP contribution >= 0.6 is 0 Å². The van der Waals surface area contributed by atoms with Crippen LogP contribution < -0.4 is 9.47 Å². The summed E-state index contributed by atoms with van der Waals surface area (Å²) in [6, 6.07) is 17.7. The minimum absolute atomic E-state index is 0.126. The second-order valence-corrected chi connectivity index (χ2v) is 18.3. The minimum atomic E-state index is -4.00. The van der Waals surface area contributed by atoms with Crippen LogP contribution in [0, 0.1) is 13.8 Å². The SMILES string of the molecule is CCCCC[N+]1=C(/C=C/C2=C(OCc3cc[n+](C)cc3)C(=C/C=C3/N(CCCCS(=O)(=O)O)c4ccc(C)cc4C3(C)C)/CC2)C(C)(C)c2cc(C)ccc21. The molecule has 292 valence electrons. The van der Waals surface area contributed by atoms with E-state index < -0.39 is 10.1 Å². The molecular formula is C47H61N3O4S+2.